The quantitative estimate of drug-likeness (QED) is 0.774. The fraction of sp³-hybridized carbons (Fsp3) is 0.214. The molecule has 0 radical (unpaired) electrons. The summed E-state index contributed by atoms with van der Waals surface area (Å²) in [5.74, 6) is -1.28. The van der Waals surface area contributed by atoms with E-state index in [0.29, 0.717) is 10.5 Å². The third-order valence-electron chi connectivity index (χ3n) is 2.50. The van der Waals surface area contributed by atoms with Gasteiger partial charge < -0.3 is 10.2 Å². The van der Waals surface area contributed by atoms with Gasteiger partial charge in [-0.2, -0.15) is 13.2 Å². The molecule has 2 N–H and O–H groups in total. The van der Waals surface area contributed by atoms with E-state index < -0.39 is 17.7 Å². The van der Waals surface area contributed by atoms with Crippen LogP contribution in [0.3, 0.4) is 0 Å². The lowest BCUT2D eigenvalue weighted by molar-refractivity contribution is -0.138. The molecule has 0 fully saturated rings. The van der Waals surface area contributed by atoms with E-state index in [1.807, 2.05) is 0 Å². The van der Waals surface area contributed by atoms with Gasteiger partial charge in [0.25, 0.3) is 0 Å². The number of benzene rings is 1. The molecule has 3 nitrogen and oxygen atoms in total. The largest absolute Gasteiger partial charge is 0.512 e. The van der Waals surface area contributed by atoms with Crippen LogP contribution in [0, 0.1) is 0 Å². The second kappa shape index (κ2) is 6.71. The van der Waals surface area contributed by atoms with Crippen LogP contribution >= 0.6 is 11.8 Å². The molecule has 0 aliphatic heterocycles. The Morgan fingerprint density at radius 1 is 1.24 bits per heavy atom. The van der Waals surface area contributed by atoms with Crippen molar-refractivity contribution in [2.45, 2.75) is 19.5 Å². The normalized spacial score (nSPS) is 12.8. The van der Waals surface area contributed by atoms with Gasteiger partial charge in [-0.05, 0) is 24.6 Å². The van der Waals surface area contributed by atoms with Crippen LogP contribution in [0.4, 0.5) is 13.2 Å². The Balaban J connectivity index is 2.89. The maximum Gasteiger partial charge on any atom is 0.416 e. The van der Waals surface area contributed by atoms with Crippen LogP contribution in [-0.2, 0) is 11.0 Å². The number of carbonyl (C=O) groups is 1. The number of aliphatic hydroxyl groups excluding tert-OH is 1. The van der Waals surface area contributed by atoms with Gasteiger partial charge in [0.1, 0.15) is 0 Å². The molecule has 0 amide bonds. The second-order valence-electron chi connectivity index (χ2n) is 4.18. The van der Waals surface area contributed by atoms with Gasteiger partial charge in [0, 0.05) is 9.81 Å². The lowest BCUT2D eigenvalue weighted by Gasteiger charge is -2.11. The number of carboxylic acids is 1. The van der Waals surface area contributed by atoms with Crippen molar-refractivity contribution in [1.82, 2.24) is 0 Å². The van der Waals surface area contributed by atoms with Crippen molar-refractivity contribution in [2.24, 2.45) is 0 Å². The van der Waals surface area contributed by atoms with Crippen LogP contribution in [0.1, 0.15) is 24.5 Å². The number of allylic oxidation sites excluding steroid dienone is 1. The van der Waals surface area contributed by atoms with Gasteiger partial charge in [0.05, 0.1) is 17.7 Å². The first kappa shape index (κ1) is 17.2. The van der Waals surface area contributed by atoms with E-state index in [1.54, 1.807) is 0 Å². The smallest absolute Gasteiger partial charge is 0.416 e. The zero-order valence-electron chi connectivity index (χ0n) is 11.1. The molecule has 21 heavy (non-hydrogen) atoms. The number of alkyl halides is 3. The molecule has 0 atom stereocenters. The minimum atomic E-state index is -4.41. The number of halogens is 3. The van der Waals surface area contributed by atoms with Crippen molar-refractivity contribution < 1.29 is 28.2 Å². The molecule has 0 unspecified atom stereocenters. The fourth-order valence-corrected chi connectivity index (χ4v) is 2.32. The lowest BCUT2D eigenvalue weighted by Crippen LogP contribution is -2.04. The number of hydrogen-bond donors (Lipinski definition) is 2. The third kappa shape index (κ3) is 5.18. The molecule has 1 aromatic carbocycles. The summed E-state index contributed by atoms with van der Waals surface area (Å²) in [6.07, 6.45) is -4.80. The molecule has 114 valence electrons. The van der Waals surface area contributed by atoms with E-state index >= 15 is 0 Å². The average molecular weight is 318 g/mol. The highest BCUT2D eigenvalue weighted by Gasteiger charge is 2.30. The molecule has 0 saturated heterocycles. The Labute approximate surface area is 123 Å². The van der Waals surface area contributed by atoms with Crippen LogP contribution in [0.5, 0.6) is 0 Å². The Morgan fingerprint density at radius 2 is 1.76 bits per heavy atom. The Bertz CT molecular complexity index is 570. The Morgan fingerprint density at radius 3 is 2.14 bits per heavy atom. The number of thioether (sulfide) groups is 1. The Kier molecular flexibility index (Phi) is 5.48. The molecule has 1 aromatic rings. The maximum absolute atomic E-state index is 12.4. The molecule has 0 bridgehead atoms. The number of aliphatic carboxylic acids is 1. The fourth-order valence-electron chi connectivity index (χ4n) is 1.43. The average Bonchev–Trinajstić information content (AvgIpc) is 2.36. The van der Waals surface area contributed by atoms with Gasteiger partial charge in [-0.25, -0.2) is 0 Å². The van der Waals surface area contributed by atoms with Crippen LogP contribution < -0.4 is 0 Å². The molecule has 1 rings (SSSR count). The summed E-state index contributed by atoms with van der Waals surface area (Å²) >= 11 is 0.921. The summed E-state index contributed by atoms with van der Waals surface area (Å²) in [5.41, 5.74) is -0.346. The van der Waals surface area contributed by atoms with Crippen molar-refractivity contribution in [3.8, 4) is 0 Å². The monoisotopic (exact) mass is 318 g/mol. The first-order valence-corrected chi connectivity index (χ1v) is 6.58. The van der Waals surface area contributed by atoms with E-state index in [4.69, 9.17) is 5.11 Å². The first-order valence-electron chi connectivity index (χ1n) is 5.76. The number of rotatable bonds is 5. The van der Waals surface area contributed by atoms with E-state index in [-0.39, 0.29) is 17.1 Å². The summed E-state index contributed by atoms with van der Waals surface area (Å²) in [4.78, 5) is 11.2. The molecule has 0 heterocycles. The van der Waals surface area contributed by atoms with Gasteiger partial charge in [0.15, 0.2) is 0 Å². The maximum atomic E-state index is 12.4. The van der Waals surface area contributed by atoms with Gasteiger partial charge in [0.2, 0.25) is 0 Å². The SMILES string of the molecule is C=C(S/C(CC(=O)O)=C(\C)O)c1ccc(C(F)(F)F)cc1. The van der Waals surface area contributed by atoms with Crippen molar-refractivity contribution >= 4 is 22.6 Å². The highest BCUT2D eigenvalue weighted by Crippen LogP contribution is 2.36. The highest BCUT2D eigenvalue weighted by molar-refractivity contribution is 8.11. The molecular formula is C14H13F3O3S. The summed E-state index contributed by atoms with van der Waals surface area (Å²) in [5, 5.41) is 18.1. The second-order valence-corrected chi connectivity index (χ2v) is 5.37. The zero-order chi connectivity index (χ0) is 16.2. The topological polar surface area (TPSA) is 57.5 Å². The summed E-state index contributed by atoms with van der Waals surface area (Å²) in [6.45, 7) is 5.03. The van der Waals surface area contributed by atoms with Crippen molar-refractivity contribution in [2.75, 3.05) is 0 Å². The lowest BCUT2D eigenvalue weighted by atomic mass is 10.1. The van der Waals surface area contributed by atoms with E-state index in [1.165, 1.54) is 19.1 Å². The van der Waals surface area contributed by atoms with Crippen LogP contribution in [0.25, 0.3) is 4.91 Å². The van der Waals surface area contributed by atoms with Crippen molar-refractivity contribution in [3.05, 3.63) is 52.6 Å². The van der Waals surface area contributed by atoms with Gasteiger partial charge in [-0.1, -0.05) is 30.5 Å². The number of carboxylic acid groups (broad SMARTS) is 1. The highest BCUT2D eigenvalue weighted by atomic mass is 32.2. The minimum absolute atomic E-state index is 0.157. The third-order valence-corrected chi connectivity index (χ3v) is 3.66. The number of aliphatic hydroxyl groups is 1. The molecule has 0 spiro atoms. The molecule has 7 heteroatoms. The van der Waals surface area contributed by atoms with Gasteiger partial charge in [-0.3, -0.25) is 4.79 Å². The standard InChI is InChI=1S/C14H13F3O3S/c1-8(18)12(7-13(19)20)21-9(2)10-3-5-11(6-4-10)14(15,16)17/h3-6,18H,2,7H2,1H3,(H,19,20)/b12-8+. The van der Waals surface area contributed by atoms with Crippen LogP contribution in [-0.4, -0.2) is 16.2 Å². The Hall–Kier alpha value is -1.89. The summed E-state index contributed by atoms with van der Waals surface area (Å²) in [7, 11) is 0. The summed E-state index contributed by atoms with van der Waals surface area (Å²) in [6, 6.07) is 4.35. The van der Waals surface area contributed by atoms with E-state index in [2.05, 4.69) is 6.58 Å². The number of hydrogen-bond acceptors (Lipinski definition) is 3. The molecule has 0 aromatic heterocycles. The van der Waals surface area contributed by atoms with Crippen LogP contribution in [0.15, 0.2) is 41.5 Å². The van der Waals surface area contributed by atoms with Gasteiger partial charge >= 0.3 is 12.1 Å². The molecule has 0 aliphatic rings. The van der Waals surface area contributed by atoms with Crippen molar-refractivity contribution in [3.63, 3.8) is 0 Å². The predicted molar refractivity (Wildman–Crippen MR) is 75.7 cm³/mol. The van der Waals surface area contributed by atoms with Crippen molar-refractivity contribution in [1.29, 1.82) is 0 Å². The van der Waals surface area contributed by atoms with Crippen LogP contribution in [0.2, 0.25) is 0 Å². The molecule has 0 aliphatic carbocycles. The minimum Gasteiger partial charge on any atom is -0.512 e. The molecular weight excluding hydrogens is 305 g/mol. The van der Waals surface area contributed by atoms with Gasteiger partial charge in [-0.15, -0.1) is 0 Å². The van der Waals surface area contributed by atoms with E-state index in [0.717, 1.165) is 23.9 Å². The molecule has 0 saturated carbocycles. The predicted octanol–water partition coefficient (Wildman–Crippen LogP) is 4.67. The van der Waals surface area contributed by atoms with E-state index in [9.17, 15) is 23.1 Å². The zero-order valence-corrected chi connectivity index (χ0v) is 11.9. The summed E-state index contributed by atoms with van der Waals surface area (Å²) < 4.78 is 37.3. The first-order chi connectivity index (χ1) is 9.61.